The summed E-state index contributed by atoms with van der Waals surface area (Å²) < 4.78 is 0. The molecule has 0 aromatic carbocycles. The maximum Gasteiger partial charge on any atom is 0.240 e. The Bertz CT molecular complexity index is 246. The predicted molar refractivity (Wildman–Crippen MR) is 62.7 cm³/mol. The van der Waals surface area contributed by atoms with Gasteiger partial charge in [0.25, 0.3) is 0 Å². The monoisotopic (exact) mass is 210 g/mol. The van der Waals surface area contributed by atoms with E-state index in [9.17, 15) is 4.79 Å². The molecule has 0 bridgehead atoms. The van der Waals surface area contributed by atoms with Gasteiger partial charge in [-0.1, -0.05) is 20.8 Å². The van der Waals surface area contributed by atoms with Gasteiger partial charge in [0, 0.05) is 12.1 Å². The standard InChI is InChI=1S/C12H22N2O/c1-9(2)7-12(15)14-13-11-6-4-5-10(3)8-11/h9-10H,4-8H2,1-3H3,(H,14,15)/t10-/m1/s1. The van der Waals surface area contributed by atoms with E-state index in [0.29, 0.717) is 12.3 Å². The van der Waals surface area contributed by atoms with E-state index in [4.69, 9.17) is 0 Å². The molecule has 0 unspecified atom stereocenters. The topological polar surface area (TPSA) is 41.5 Å². The minimum absolute atomic E-state index is 0.0377. The second-order valence-electron chi connectivity index (χ2n) is 5.01. The maximum atomic E-state index is 11.4. The molecule has 0 spiro atoms. The molecule has 1 fully saturated rings. The van der Waals surface area contributed by atoms with Crippen molar-refractivity contribution in [2.24, 2.45) is 16.9 Å². The van der Waals surface area contributed by atoms with Crippen LogP contribution in [0.3, 0.4) is 0 Å². The lowest BCUT2D eigenvalue weighted by Gasteiger charge is -2.19. The van der Waals surface area contributed by atoms with Crippen LogP contribution < -0.4 is 5.43 Å². The van der Waals surface area contributed by atoms with E-state index in [-0.39, 0.29) is 5.91 Å². The molecular weight excluding hydrogens is 188 g/mol. The van der Waals surface area contributed by atoms with E-state index >= 15 is 0 Å². The zero-order chi connectivity index (χ0) is 11.3. The highest BCUT2D eigenvalue weighted by atomic mass is 16.2. The number of hydrazone groups is 1. The van der Waals surface area contributed by atoms with E-state index < -0.39 is 0 Å². The smallest absolute Gasteiger partial charge is 0.240 e. The molecule has 0 radical (unpaired) electrons. The van der Waals surface area contributed by atoms with Crippen LogP contribution in [0.1, 0.15) is 52.9 Å². The van der Waals surface area contributed by atoms with Crippen LogP contribution in [0.15, 0.2) is 5.10 Å². The van der Waals surface area contributed by atoms with Crippen molar-refractivity contribution in [2.45, 2.75) is 52.9 Å². The summed E-state index contributed by atoms with van der Waals surface area (Å²) in [5.74, 6) is 1.16. The molecule has 1 rings (SSSR count). The predicted octanol–water partition coefficient (Wildman–Crippen LogP) is 2.71. The van der Waals surface area contributed by atoms with Gasteiger partial charge in [0.1, 0.15) is 0 Å². The number of carbonyl (C=O) groups excluding carboxylic acids is 1. The van der Waals surface area contributed by atoms with Gasteiger partial charge in [0.15, 0.2) is 0 Å². The zero-order valence-corrected chi connectivity index (χ0v) is 10.0. The Labute approximate surface area is 92.3 Å². The Morgan fingerprint density at radius 1 is 1.60 bits per heavy atom. The Balaban J connectivity index is 2.33. The Morgan fingerprint density at radius 3 is 2.93 bits per heavy atom. The summed E-state index contributed by atoms with van der Waals surface area (Å²) in [7, 11) is 0. The number of carbonyl (C=O) groups is 1. The van der Waals surface area contributed by atoms with Gasteiger partial charge in [0.05, 0.1) is 0 Å². The summed E-state index contributed by atoms with van der Waals surface area (Å²) in [5.41, 5.74) is 3.81. The summed E-state index contributed by atoms with van der Waals surface area (Å²) in [6, 6.07) is 0. The van der Waals surface area contributed by atoms with Crippen LogP contribution in [0.4, 0.5) is 0 Å². The van der Waals surface area contributed by atoms with Gasteiger partial charge < -0.3 is 0 Å². The average molecular weight is 210 g/mol. The number of rotatable bonds is 3. The lowest BCUT2D eigenvalue weighted by atomic mass is 9.89. The molecule has 1 aliphatic rings. The van der Waals surface area contributed by atoms with Gasteiger partial charge in [-0.25, -0.2) is 5.43 Å². The van der Waals surface area contributed by atoms with E-state index in [1.165, 1.54) is 12.8 Å². The average Bonchev–Trinajstić information content (AvgIpc) is 2.14. The van der Waals surface area contributed by atoms with Crippen LogP contribution in [0.2, 0.25) is 0 Å². The SMILES string of the molecule is CC(C)CC(=O)NN=C1CCC[C@@H](C)C1. The molecule has 86 valence electrons. The fourth-order valence-electron chi connectivity index (χ4n) is 1.92. The second kappa shape index (κ2) is 5.89. The number of nitrogens with one attached hydrogen (secondary N) is 1. The third kappa shape index (κ3) is 4.96. The lowest BCUT2D eigenvalue weighted by molar-refractivity contribution is -0.121. The van der Waals surface area contributed by atoms with Gasteiger partial charge in [-0.15, -0.1) is 0 Å². The van der Waals surface area contributed by atoms with Crippen molar-refractivity contribution < 1.29 is 4.79 Å². The summed E-state index contributed by atoms with van der Waals surface area (Å²) >= 11 is 0. The number of amides is 1. The molecule has 15 heavy (non-hydrogen) atoms. The molecule has 1 amide bonds. The van der Waals surface area contributed by atoms with Gasteiger partial charge in [-0.05, 0) is 37.5 Å². The number of nitrogens with zero attached hydrogens (tertiary/aromatic N) is 1. The van der Waals surface area contributed by atoms with Crippen LogP contribution in [0.5, 0.6) is 0 Å². The van der Waals surface area contributed by atoms with E-state index in [1.807, 2.05) is 13.8 Å². The van der Waals surface area contributed by atoms with Crippen molar-refractivity contribution in [1.82, 2.24) is 5.43 Å². The first kappa shape index (κ1) is 12.2. The molecule has 3 nitrogen and oxygen atoms in total. The quantitative estimate of drug-likeness (QED) is 0.715. The lowest BCUT2D eigenvalue weighted by Crippen LogP contribution is -2.23. The summed E-state index contributed by atoms with van der Waals surface area (Å²) in [5, 5.41) is 4.20. The highest BCUT2D eigenvalue weighted by Crippen LogP contribution is 2.20. The van der Waals surface area contributed by atoms with Gasteiger partial charge in [0.2, 0.25) is 5.91 Å². The molecule has 1 aliphatic carbocycles. The van der Waals surface area contributed by atoms with Gasteiger partial charge >= 0.3 is 0 Å². The van der Waals surface area contributed by atoms with E-state index in [1.54, 1.807) is 0 Å². The summed E-state index contributed by atoms with van der Waals surface area (Å²) in [6.45, 7) is 6.31. The van der Waals surface area contributed by atoms with Crippen LogP contribution in [-0.4, -0.2) is 11.6 Å². The second-order valence-corrected chi connectivity index (χ2v) is 5.01. The summed E-state index contributed by atoms with van der Waals surface area (Å²) in [4.78, 5) is 11.4. The van der Waals surface area contributed by atoms with Crippen molar-refractivity contribution in [2.75, 3.05) is 0 Å². The molecule has 1 saturated carbocycles. The Kier molecular flexibility index (Phi) is 4.79. The normalized spacial score (nSPS) is 24.5. The van der Waals surface area contributed by atoms with Crippen molar-refractivity contribution in [3.05, 3.63) is 0 Å². The van der Waals surface area contributed by atoms with Crippen molar-refractivity contribution in [3.8, 4) is 0 Å². The third-order valence-electron chi connectivity index (χ3n) is 2.68. The molecule has 1 atom stereocenters. The third-order valence-corrected chi connectivity index (χ3v) is 2.68. The molecule has 1 N–H and O–H groups in total. The fourth-order valence-corrected chi connectivity index (χ4v) is 1.92. The van der Waals surface area contributed by atoms with Gasteiger partial charge in [-0.2, -0.15) is 5.10 Å². The minimum atomic E-state index is 0.0377. The Morgan fingerprint density at radius 2 is 2.33 bits per heavy atom. The first-order valence-electron chi connectivity index (χ1n) is 5.92. The number of hydrogen-bond donors (Lipinski definition) is 1. The first-order chi connectivity index (χ1) is 7.08. The maximum absolute atomic E-state index is 11.4. The van der Waals surface area contributed by atoms with Gasteiger partial charge in [-0.3, -0.25) is 4.79 Å². The molecule has 0 aromatic heterocycles. The summed E-state index contributed by atoms with van der Waals surface area (Å²) in [6.07, 6.45) is 5.15. The molecule has 0 heterocycles. The zero-order valence-electron chi connectivity index (χ0n) is 10.0. The molecule has 0 aliphatic heterocycles. The van der Waals surface area contributed by atoms with Crippen LogP contribution in [0, 0.1) is 11.8 Å². The highest BCUT2D eigenvalue weighted by molar-refractivity contribution is 5.87. The van der Waals surface area contributed by atoms with Crippen LogP contribution >= 0.6 is 0 Å². The number of hydrogen-bond acceptors (Lipinski definition) is 2. The largest absolute Gasteiger partial charge is 0.273 e. The van der Waals surface area contributed by atoms with Crippen LogP contribution in [0.25, 0.3) is 0 Å². The Hall–Kier alpha value is -0.860. The van der Waals surface area contributed by atoms with E-state index in [2.05, 4.69) is 17.5 Å². The van der Waals surface area contributed by atoms with E-state index in [0.717, 1.165) is 24.5 Å². The molecule has 3 heteroatoms. The van der Waals surface area contributed by atoms with Crippen molar-refractivity contribution in [1.29, 1.82) is 0 Å². The molecule has 0 saturated heterocycles. The first-order valence-corrected chi connectivity index (χ1v) is 5.92. The fraction of sp³-hybridized carbons (Fsp3) is 0.833. The molecular formula is C12H22N2O. The van der Waals surface area contributed by atoms with Crippen LogP contribution in [-0.2, 0) is 4.79 Å². The minimum Gasteiger partial charge on any atom is -0.273 e. The molecule has 0 aromatic rings. The van der Waals surface area contributed by atoms with Crippen molar-refractivity contribution >= 4 is 11.6 Å². The van der Waals surface area contributed by atoms with Crippen molar-refractivity contribution in [3.63, 3.8) is 0 Å². The highest BCUT2D eigenvalue weighted by Gasteiger charge is 2.14.